The van der Waals surface area contributed by atoms with Crippen molar-refractivity contribution in [1.29, 1.82) is 0 Å². The summed E-state index contributed by atoms with van der Waals surface area (Å²) in [5, 5.41) is 3.39. The monoisotopic (exact) mass is 301 g/mol. The molecule has 1 N–H and O–H groups in total. The highest BCUT2D eigenvalue weighted by Gasteiger charge is 2.06. The van der Waals surface area contributed by atoms with Crippen molar-refractivity contribution < 1.29 is 0 Å². The molecule has 16 heavy (non-hydrogen) atoms. The van der Waals surface area contributed by atoms with E-state index in [0.717, 1.165) is 10.2 Å². The van der Waals surface area contributed by atoms with Gasteiger partial charge < -0.3 is 5.32 Å². The molecule has 1 nitrogen and oxygen atoms in total. The first kappa shape index (κ1) is 14.1. The van der Waals surface area contributed by atoms with E-state index in [0.29, 0.717) is 6.04 Å². The third-order valence-electron chi connectivity index (χ3n) is 2.56. The lowest BCUT2D eigenvalue weighted by atomic mass is 10.1. The fraction of sp³-hybridized carbons (Fsp3) is 0.538. The molecule has 0 aromatic heterocycles. The van der Waals surface area contributed by atoms with Gasteiger partial charge in [0.1, 0.15) is 0 Å². The van der Waals surface area contributed by atoms with Gasteiger partial charge in [0.05, 0.1) is 0 Å². The van der Waals surface area contributed by atoms with Crippen LogP contribution in [-0.2, 0) is 0 Å². The van der Waals surface area contributed by atoms with Crippen LogP contribution in [0.1, 0.15) is 26.2 Å². The van der Waals surface area contributed by atoms with Crippen molar-refractivity contribution in [3.05, 3.63) is 28.7 Å². The van der Waals surface area contributed by atoms with E-state index in [-0.39, 0.29) is 0 Å². The topological polar surface area (TPSA) is 12.0 Å². The largest absolute Gasteiger partial charge is 0.316 e. The van der Waals surface area contributed by atoms with Crippen LogP contribution in [0.4, 0.5) is 0 Å². The summed E-state index contributed by atoms with van der Waals surface area (Å²) >= 11 is 5.42. The summed E-state index contributed by atoms with van der Waals surface area (Å²) < 4.78 is 1.16. The molecule has 0 amide bonds. The van der Waals surface area contributed by atoms with Crippen LogP contribution in [0, 0.1) is 0 Å². The average molecular weight is 302 g/mol. The van der Waals surface area contributed by atoms with Gasteiger partial charge in [-0.05, 0) is 31.7 Å². The van der Waals surface area contributed by atoms with Crippen LogP contribution in [0.2, 0.25) is 0 Å². The summed E-state index contributed by atoms with van der Waals surface area (Å²) in [5.41, 5.74) is 0. The van der Waals surface area contributed by atoms with E-state index >= 15 is 0 Å². The van der Waals surface area contributed by atoms with Gasteiger partial charge in [-0.1, -0.05) is 41.8 Å². The summed E-state index contributed by atoms with van der Waals surface area (Å²) in [5.74, 6) is 1.15. The first-order chi connectivity index (χ1) is 7.76. The second-order valence-corrected chi connectivity index (χ2v) is 5.91. The van der Waals surface area contributed by atoms with Gasteiger partial charge in [0, 0.05) is 21.2 Å². The van der Waals surface area contributed by atoms with Crippen molar-refractivity contribution in [3.63, 3.8) is 0 Å². The van der Waals surface area contributed by atoms with Crippen molar-refractivity contribution in [3.8, 4) is 0 Å². The molecule has 0 radical (unpaired) electrons. The van der Waals surface area contributed by atoms with Crippen LogP contribution >= 0.6 is 27.7 Å². The zero-order valence-corrected chi connectivity index (χ0v) is 12.4. The Bertz CT molecular complexity index is 304. The Morgan fingerprint density at radius 2 is 2.25 bits per heavy atom. The maximum absolute atomic E-state index is 3.50. The highest BCUT2D eigenvalue weighted by molar-refractivity contribution is 9.10. The normalized spacial score (nSPS) is 12.7. The van der Waals surface area contributed by atoms with Crippen molar-refractivity contribution in [2.75, 3.05) is 12.8 Å². The van der Waals surface area contributed by atoms with Gasteiger partial charge in [0.15, 0.2) is 0 Å². The van der Waals surface area contributed by atoms with Crippen molar-refractivity contribution in [2.45, 2.75) is 37.1 Å². The van der Waals surface area contributed by atoms with Crippen LogP contribution in [-0.4, -0.2) is 18.8 Å². The molecule has 0 bridgehead atoms. The number of thioether (sulfide) groups is 1. The molecule has 0 spiro atoms. The maximum atomic E-state index is 3.50. The summed E-state index contributed by atoms with van der Waals surface area (Å²) in [6.45, 7) is 2.24. The molecule has 90 valence electrons. The third-order valence-corrected chi connectivity index (χ3v) is 4.21. The van der Waals surface area contributed by atoms with Crippen molar-refractivity contribution in [2.24, 2.45) is 0 Å². The first-order valence-corrected chi connectivity index (χ1v) is 7.59. The molecule has 0 aliphatic carbocycles. The molecular formula is C13H20BrNS. The quantitative estimate of drug-likeness (QED) is 0.753. The highest BCUT2D eigenvalue weighted by atomic mass is 79.9. The Kier molecular flexibility index (Phi) is 7.17. The number of halogens is 1. The van der Waals surface area contributed by atoms with Crippen LogP contribution in [0.15, 0.2) is 33.6 Å². The van der Waals surface area contributed by atoms with E-state index in [2.05, 4.69) is 59.5 Å². The molecule has 0 saturated carbocycles. The molecule has 1 aromatic rings. The summed E-state index contributed by atoms with van der Waals surface area (Å²) in [7, 11) is 2.06. The van der Waals surface area contributed by atoms with Crippen LogP contribution in [0.3, 0.4) is 0 Å². The van der Waals surface area contributed by atoms with E-state index < -0.39 is 0 Å². The molecule has 1 aromatic carbocycles. The van der Waals surface area contributed by atoms with Gasteiger partial charge >= 0.3 is 0 Å². The van der Waals surface area contributed by atoms with Crippen LogP contribution < -0.4 is 5.32 Å². The molecule has 0 heterocycles. The lowest BCUT2D eigenvalue weighted by molar-refractivity contribution is 0.544. The smallest absolute Gasteiger partial charge is 0.0186 e. The Balaban J connectivity index is 2.37. The van der Waals surface area contributed by atoms with E-state index in [4.69, 9.17) is 0 Å². The molecular weight excluding hydrogens is 282 g/mol. The Morgan fingerprint density at radius 3 is 2.88 bits per heavy atom. The molecule has 0 aliphatic rings. The minimum atomic E-state index is 0.629. The molecule has 3 heteroatoms. The fourth-order valence-corrected chi connectivity index (χ4v) is 3.18. The molecule has 1 atom stereocenters. The average Bonchev–Trinajstić information content (AvgIpc) is 2.29. The van der Waals surface area contributed by atoms with Gasteiger partial charge in [0.2, 0.25) is 0 Å². The lowest BCUT2D eigenvalue weighted by Gasteiger charge is -2.15. The zero-order chi connectivity index (χ0) is 11.8. The number of unbranched alkanes of at least 4 members (excludes halogenated alkanes) is 1. The highest BCUT2D eigenvalue weighted by Crippen LogP contribution is 2.23. The number of nitrogens with one attached hydrogen (secondary N) is 1. The second-order valence-electron chi connectivity index (χ2n) is 3.90. The van der Waals surface area contributed by atoms with Crippen molar-refractivity contribution >= 4 is 27.7 Å². The van der Waals surface area contributed by atoms with E-state index in [1.807, 2.05) is 11.8 Å². The number of benzene rings is 1. The zero-order valence-electron chi connectivity index (χ0n) is 10.0. The van der Waals surface area contributed by atoms with Gasteiger partial charge in [-0.15, -0.1) is 11.8 Å². The number of hydrogen-bond donors (Lipinski definition) is 1. The number of hydrogen-bond acceptors (Lipinski definition) is 2. The molecule has 0 saturated heterocycles. The van der Waals surface area contributed by atoms with Gasteiger partial charge in [-0.3, -0.25) is 0 Å². The van der Waals surface area contributed by atoms with E-state index in [9.17, 15) is 0 Å². The Hall–Kier alpha value is 0.01000. The van der Waals surface area contributed by atoms with E-state index in [1.54, 1.807) is 0 Å². The predicted molar refractivity (Wildman–Crippen MR) is 77.2 cm³/mol. The minimum Gasteiger partial charge on any atom is -0.316 e. The standard InChI is InChI=1S/C13H20BrNS/c1-3-4-7-12(15-2)10-16-13-8-5-6-11(14)9-13/h5-6,8-9,12,15H,3-4,7,10H2,1-2H3. The van der Waals surface area contributed by atoms with Gasteiger partial charge in [-0.25, -0.2) is 0 Å². The Morgan fingerprint density at radius 1 is 1.44 bits per heavy atom. The van der Waals surface area contributed by atoms with Crippen LogP contribution in [0.25, 0.3) is 0 Å². The minimum absolute atomic E-state index is 0.629. The first-order valence-electron chi connectivity index (χ1n) is 5.82. The third kappa shape index (κ3) is 5.37. The second kappa shape index (κ2) is 8.15. The van der Waals surface area contributed by atoms with Crippen molar-refractivity contribution in [1.82, 2.24) is 5.32 Å². The molecule has 0 aliphatic heterocycles. The predicted octanol–water partition coefficient (Wildman–Crippen LogP) is 4.32. The maximum Gasteiger partial charge on any atom is 0.0186 e. The summed E-state index contributed by atoms with van der Waals surface area (Å²) in [4.78, 5) is 1.34. The SMILES string of the molecule is CCCCC(CSc1cccc(Br)c1)NC. The molecule has 1 unspecified atom stereocenters. The summed E-state index contributed by atoms with van der Waals surface area (Å²) in [6.07, 6.45) is 3.86. The summed E-state index contributed by atoms with van der Waals surface area (Å²) in [6, 6.07) is 9.13. The van der Waals surface area contributed by atoms with Gasteiger partial charge in [-0.2, -0.15) is 0 Å². The molecule has 0 fully saturated rings. The number of rotatable bonds is 7. The van der Waals surface area contributed by atoms with Gasteiger partial charge in [0.25, 0.3) is 0 Å². The molecule has 1 rings (SSSR count). The van der Waals surface area contributed by atoms with E-state index in [1.165, 1.54) is 24.2 Å². The Labute approximate surface area is 112 Å². The van der Waals surface area contributed by atoms with Crippen LogP contribution in [0.5, 0.6) is 0 Å². The fourth-order valence-electron chi connectivity index (χ4n) is 1.52. The lowest BCUT2D eigenvalue weighted by Crippen LogP contribution is -2.27.